The van der Waals surface area contributed by atoms with Crippen LogP contribution in [-0.4, -0.2) is 22.2 Å². The van der Waals surface area contributed by atoms with Crippen molar-refractivity contribution in [2.75, 3.05) is 0 Å². The Morgan fingerprint density at radius 1 is 1.36 bits per heavy atom. The largest absolute Gasteiger partial charge is 0.481 e. The highest BCUT2D eigenvalue weighted by molar-refractivity contribution is 5.71. The number of carboxylic acid groups (broad SMARTS) is 2. The molecule has 0 aliphatic heterocycles. The van der Waals surface area contributed by atoms with Crippen LogP contribution in [0.1, 0.15) is 19.8 Å². The van der Waals surface area contributed by atoms with Crippen LogP contribution in [0.2, 0.25) is 0 Å². The molecular formula is C10H16O4. The summed E-state index contributed by atoms with van der Waals surface area (Å²) in [5.41, 5.74) is 0. The first-order valence-electron chi connectivity index (χ1n) is 4.17. The second-order valence-electron chi connectivity index (χ2n) is 2.48. The summed E-state index contributed by atoms with van der Waals surface area (Å²) >= 11 is 0. The molecule has 0 aromatic carbocycles. The Hall–Kier alpha value is -1.58. The van der Waals surface area contributed by atoms with Gasteiger partial charge in [-0.1, -0.05) is 19.1 Å². The van der Waals surface area contributed by atoms with Crippen LogP contribution in [0.3, 0.4) is 0 Å². The Labute approximate surface area is 83.6 Å². The SMILES string of the molecule is C=CC(CC)C(=O)O.C=CCC(=O)O. The molecule has 2 N–H and O–H groups in total. The molecule has 0 spiro atoms. The Balaban J connectivity index is 0. The summed E-state index contributed by atoms with van der Waals surface area (Å²) in [6, 6.07) is 0. The summed E-state index contributed by atoms with van der Waals surface area (Å²) in [6.45, 7) is 8.41. The molecule has 1 atom stereocenters. The lowest BCUT2D eigenvalue weighted by Crippen LogP contribution is -2.08. The van der Waals surface area contributed by atoms with Crippen LogP contribution in [-0.2, 0) is 9.59 Å². The number of carbonyl (C=O) groups is 2. The smallest absolute Gasteiger partial charge is 0.310 e. The van der Waals surface area contributed by atoms with E-state index in [-0.39, 0.29) is 12.3 Å². The van der Waals surface area contributed by atoms with E-state index in [0.29, 0.717) is 6.42 Å². The topological polar surface area (TPSA) is 74.6 Å². The van der Waals surface area contributed by atoms with Crippen molar-refractivity contribution in [2.24, 2.45) is 5.92 Å². The van der Waals surface area contributed by atoms with Crippen molar-refractivity contribution in [3.63, 3.8) is 0 Å². The second kappa shape index (κ2) is 9.51. The third-order valence-corrected chi connectivity index (χ3v) is 1.36. The van der Waals surface area contributed by atoms with E-state index < -0.39 is 11.9 Å². The van der Waals surface area contributed by atoms with Gasteiger partial charge in [-0.05, 0) is 6.42 Å². The van der Waals surface area contributed by atoms with Crippen LogP contribution >= 0.6 is 0 Å². The van der Waals surface area contributed by atoms with Crippen LogP contribution in [0.5, 0.6) is 0 Å². The van der Waals surface area contributed by atoms with E-state index in [1.807, 2.05) is 6.92 Å². The number of hydrogen-bond acceptors (Lipinski definition) is 2. The Bertz CT molecular complexity index is 208. The van der Waals surface area contributed by atoms with Crippen molar-refractivity contribution in [3.8, 4) is 0 Å². The summed E-state index contributed by atoms with van der Waals surface area (Å²) in [6.07, 6.45) is 3.48. The van der Waals surface area contributed by atoms with E-state index in [1.165, 1.54) is 12.2 Å². The minimum atomic E-state index is -0.829. The first-order valence-corrected chi connectivity index (χ1v) is 4.17. The van der Waals surface area contributed by atoms with Gasteiger partial charge >= 0.3 is 11.9 Å². The predicted octanol–water partition coefficient (Wildman–Crippen LogP) is 1.93. The monoisotopic (exact) mass is 200 g/mol. The molecule has 0 fully saturated rings. The quantitative estimate of drug-likeness (QED) is 0.665. The first-order chi connectivity index (χ1) is 6.49. The van der Waals surface area contributed by atoms with Crippen molar-refractivity contribution < 1.29 is 19.8 Å². The maximum atomic E-state index is 10.1. The zero-order chi connectivity index (χ0) is 11.6. The summed E-state index contributed by atoms with van der Waals surface area (Å²) in [5, 5.41) is 16.1. The van der Waals surface area contributed by atoms with Gasteiger partial charge in [-0.25, -0.2) is 0 Å². The molecule has 0 rings (SSSR count). The van der Waals surface area contributed by atoms with Gasteiger partial charge in [0.2, 0.25) is 0 Å². The first kappa shape index (κ1) is 14.9. The maximum absolute atomic E-state index is 10.1. The summed E-state index contributed by atoms with van der Waals surface area (Å²) in [5.74, 6) is -1.98. The maximum Gasteiger partial charge on any atom is 0.310 e. The highest BCUT2D eigenvalue weighted by atomic mass is 16.4. The van der Waals surface area contributed by atoms with Crippen LogP contribution in [0.25, 0.3) is 0 Å². The Morgan fingerprint density at radius 2 is 1.86 bits per heavy atom. The molecule has 0 aliphatic carbocycles. The Kier molecular flexibility index (Phi) is 10.1. The van der Waals surface area contributed by atoms with Crippen LogP contribution < -0.4 is 0 Å². The fourth-order valence-electron chi connectivity index (χ4n) is 0.566. The van der Waals surface area contributed by atoms with Gasteiger partial charge in [-0.2, -0.15) is 0 Å². The molecular weight excluding hydrogens is 184 g/mol. The lowest BCUT2D eigenvalue weighted by Gasteiger charge is -1.98. The van der Waals surface area contributed by atoms with Crippen molar-refractivity contribution >= 4 is 11.9 Å². The molecule has 4 heteroatoms. The number of aliphatic carboxylic acids is 2. The van der Waals surface area contributed by atoms with Crippen molar-refractivity contribution in [2.45, 2.75) is 19.8 Å². The molecule has 0 amide bonds. The molecule has 14 heavy (non-hydrogen) atoms. The van der Waals surface area contributed by atoms with E-state index >= 15 is 0 Å². The lowest BCUT2D eigenvalue weighted by atomic mass is 10.1. The predicted molar refractivity (Wildman–Crippen MR) is 54.1 cm³/mol. The van der Waals surface area contributed by atoms with Gasteiger partial charge in [-0.15, -0.1) is 13.2 Å². The van der Waals surface area contributed by atoms with Gasteiger partial charge in [0.15, 0.2) is 0 Å². The fourth-order valence-corrected chi connectivity index (χ4v) is 0.566. The fraction of sp³-hybridized carbons (Fsp3) is 0.400. The van der Waals surface area contributed by atoms with E-state index in [4.69, 9.17) is 10.2 Å². The Morgan fingerprint density at radius 3 is 1.86 bits per heavy atom. The van der Waals surface area contributed by atoms with Crippen molar-refractivity contribution in [1.82, 2.24) is 0 Å². The molecule has 0 aliphatic rings. The van der Waals surface area contributed by atoms with E-state index in [9.17, 15) is 9.59 Å². The standard InChI is InChI=1S/C6H10O2.C4H6O2/c1-3-5(4-2)6(7)8;1-2-3-4(5)6/h3,5H,1,4H2,2H3,(H,7,8);2H,1,3H2,(H,5,6). The lowest BCUT2D eigenvalue weighted by molar-refractivity contribution is -0.140. The van der Waals surface area contributed by atoms with Crippen LogP contribution in [0, 0.1) is 5.92 Å². The molecule has 0 heterocycles. The van der Waals surface area contributed by atoms with Gasteiger partial charge in [0.1, 0.15) is 0 Å². The third-order valence-electron chi connectivity index (χ3n) is 1.36. The molecule has 4 nitrogen and oxygen atoms in total. The average molecular weight is 200 g/mol. The summed E-state index contributed by atoms with van der Waals surface area (Å²) < 4.78 is 0. The second-order valence-corrected chi connectivity index (χ2v) is 2.48. The molecule has 0 bridgehead atoms. The molecule has 0 aromatic heterocycles. The van der Waals surface area contributed by atoms with Gasteiger partial charge in [0, 0.05) is 0 Å². The van der Waals surface area contributed by atoms with E-state index in [1.54, 1.807) is 0 Å². The van der Waals surface area contributed by atoms with Crippen LogP contribution in [0.4, 0.5) is 0 Å². The zero-order valence-corrected chi connectivity index (χ0v) is 8.27. The summed E-state index contributed by atoms with van der Waals surface area (Å²) in [7, 11) is 0. The van der Waals surface area contributed by atoms with E-state index in [2.05, 4.69) is 13.2 Å². The zero-order valence-electron chi connectivity index (χ0n) is 8.27. The molecule has 80 valence electrons. The molecule has 1 unspecified atom stereocenters. The van der Waals surface area contributed by atoms with Crippen molar-refractivity contribution in [3.05, 3.63) is 25.3 Å². The highest BCUT2D eigenvalue weighted by Crippen LogP contribution is 2.01. The number of carboxylic acids is 2. The van der Waals surface area contributed by atoms with Crippen molar-refractivity contribution in [1.29, 1.82) is 0 Å². The van der Waals surface area contributed by atoms with Gasteiger partial charge in [0.25, 0.3) is 0 Å². The van der Waals surface area contributed by atoms with E-state index in [0.717, 1.165) is 0 Å². The molecule has 0 radical (unpaired) electrons. The molecule has 0 aromatic rings. The number of rotatable bonds is 5. The minimum absolute atomic E-state index is 0.0556. The highest BCUT2D eigenvalue weighted by Gasteiger charge is 2.07. The van der Waals surface area contributed by atoms with Gasteiger partial charge < -0.3 is 10.2 Å². The molecule has 0 saturated heterocycles. The minimum Gasteiger partial charge on any atom is -0.481 e. The molecule has 0 saturated carbocycles. The number of hydrogen-bond donors (Lipinski definition) is 2. The normalized spacial score (nSPS) is 10.4. The van der Waals surface area contributed by atoms with Crippen LogP contribution in [0.15, 0.2) is 25.3 Å². The average Bonchev–Trinajstić information content (AvgIpc) is 2.06. The van der Waals surface area contributed by atoms with Gasteiger partial charge in [0.05, 0.1) is 12.3 Å². The van der Waals surface area contributed by atoms with Gasteiger partial charge in [-0.3, -0.25) is 9.59 Å². The summed E-state index contributed by atoms with van der Waals surface area (Å²) in [4.78, 5) is 19.6. The third kappa shape index (κ3) is 10.4.